The van der Waals surface area contributed by atoms with Crippen LogP contribution in [0.15, 0.2) is 60.8 Å². The lowest BCUT2D eigenvalue weighted by Gasteiger charge is -2.32. The van der Waals surface area contributed by atoms with E-state index in [1.54, 1.807) is 18.2 Å². The number of aromatic nitrogens is 3. The maximum absolute atomic E-state index is 13.2. The van der Waals surface area contributed by atoms with Crippen LogP contribution in [0.4, 0.5) is 17.2 Å². The lowest BCUT2D eigenvalue weighted by atomic mass is 9.96. The molecule has 1 saturated carbocycles. The molecule has 282 valence electrons. The first-order chi connectivity index (χ1) is 26.2. The van der Waals surface area contributed by atoms with Gasteiger partial charge in [0.1, 0.15) is 11.9 Å². The van der Waals surface area contributed by atoms with Crippen LogP contribution in [0.2, 0.25) is 0 Å². The van der Waals surface area contributed by atoms with Gasteiger partial charge < -0.3 is 21.3 Å². The van der Waals surface area contributed by atoms with Crippen molar-refractivity contribution in [1.29, 1.82) is 0 Å². The van der Waals surface area contributed by atoms with Crippen molar-refractivity contribution >= 4 is 52.4 Å². The van der Waals surface area contributed by atoms with Gasteiger partial charge in [-0.25, -0.2) is 4.98 Å². The summed E-state index contributed by atoms with van der Waals surface area (Å²) < 4.78 is 1.91. The van der Waals surface area contributed by atoms with E-state index >= 15 is 0 Å². The second-order valence-corrected chi connectivity index (χ2v) is 14.5. The fourth-order valence-corrected chi connectivity index (χ4v) is 7.84. The third-order valence-electron chi connectivity index (χ3n) is 10.8. The molecule has 5 N–H and O–H groups in total. The maximum Gasteiger partial charge on any atom is 0.264 e. The summed E-state index contributed by atoms with van der Waals surface area (Å²) in [5.74, 6) is -1.30. The van der Waals surface area contributed by atoms with Crippen LogP contribution in [-0.4, -0.2) is 74.2 Å². The summed E-state index contributed by atoms with van der Waals surface area (Å²) in [6, 6.07) is 16.8. The Morgan fingerprint density at radius 1 is 0.944 bits per heavy atom. The van der Waals surface area contributed by atoms with E-state index in [4.69, 9.17) is 5.73 Å². The van der Waals surface area contributed by atoms with Gasteiger partial charge in [0.25, 0.3) is 11.8 Å². The molecule has 3 aliphatic heterocycles. The number of aryl methyl sites for hydroxylation is 1. The van der Waals surface area contributed by atoms with Crippen LogP contribution in [-0.2, 0) is 27.3 Å². The summed E-state index contributed by atoms with van der Waals surface area (Å²) in [5.41, 5.74) is 10.6. The number of rotatable bonds is 10. The molecule has 14 nitrogen and oxygen atoms in total. The van der Waals surface area contributed by atoms with Gasteiger partial charge in [0.15, 0.2) is 5.65 Å². The second kappa shape index (κ2) is 16.1. The Morgan fingerprint density at radius 3 is 2.41 bits per heavy atom. The highest BCUT2D eigenvalue weighted by Gasteiger charge is 2.45. The Labute approximate surface area is 313 Å². The first-order valence-electron chi connectivity index (χ1n) is 19.0. The van der Waals surface area contributed by atoms with Crippen molar-refractivity contribution in [3.8, 4) is 0 Å². The molecule has 14 heteroatoms. The number of benzene rings is 2. The molecule has 3 fully saturated rings. The fraction of sp³-hybridized carbons (Fsp3) is 0.425. The van der Waals surface area contributed by atoms with Gasteiger partial charge >= 0.3 is 0 Å². The lowest BCUT2D eigenvalue weighted by Crippen LogP contribution is -2.54. The van der Waals surface area contributed by atoms with Crippen molar-refractivity contribution in [2.75, 3.05) is 28.6 Å². The van der Waals surface area contributed by atoms with E-state index in [2.05, 4.69) is 43.9 Å². The van der Waals surface area contributed by atoms with Crippen LogP contribution in [0.25, 0.3) is 5.65 Å². The summed E-state index contributed by atoms with van der Waals surface area (Å²) >= 11 is 0. The van der Waals surface area contributed by atoms with Crippen LogP contribution < -0.4 is 26.6 Å². The van der Waals surface area contributed by atoms with Crippen LogP contribution in [0, 0.1) is 5.92 Å². The number of piperidine rings is 2. The van der Waals surface area contributed by atoms with Gasteiger partial charge in [-0.1, -0.05) is 44.4 Å². The van der Waals surface area contributed by atoms with Crippen molar-refractivity contribution < 1.29 is 24.0 Å². The first kappa shape index (κ1) is 36.6. The third kappa shape index (κ3) is 7.78. The number of hydrogen-bond donors (Lipinski definition) is 4. The van der Waals surface area contributed by atoms with Crippen molar-refractivity contribution in [3.05, 3.63) is 83.2 Å². The number of hydrogen-bond acceptors (Lipinski definition) is 10. The van der Waals surface area contributed by atoms with Gasteiger partial charge in [-0.3, -0.25) is 34.2 Å². The van der Waals surface area contributed by atoms with Gasteiger partial charge in [0.2, 0.25) is 17.7 Å². The van der Waals surface area contributed by atoms with Gasteiger partial charge in [-0.05, 0) is 68.4 Å². The predicted molar refractivity (Wildman–Crippen MR) is 204 cm³/mol. The predicted octanol–water partition coefficient (Wildman–Crippen LogP) is 4.44. The number of carbonyl (C=O) groups excluding carboxylic acids is 5. The monoisotopic (exact) mass is 733 g/mol. The topological polar surface area (TPSA) is 184 Å². The molecule has 5 heterocycles. The molecule has 0 bridgehead atoms. The molecule has 1 atom stereocenters. The highest BCUT2D eigenvalue weighted by atomic mass is 16.2. The Kier molecular flexibility index (Phi) is 10.9. The van der Waals surface area contributed by atoms with Crippen molar-refractivity contribution in [2.45, 2.75) is 89.8 Å². The maximum atomic E-state index is 13.2. The molecule has 54 heavy (non-hydrogen) atoms. The molecule has 4 aromatic rings. The number of anilines is 3. The van der Waals surface area contributed by atoms with E-state index in [1.807, 2.05) is 41.0 Å². The van der Waals surface area contributed by atoms with Gasteiger partial charge in [-0.15, -0.1) is 0 Å². The van der Waals surface area contributed by atoms with E-state index in [0.717, 1.165) is 72.1 Å². The molecule has 0 spiro atoms. The minimum atomic E-state index is -0.997. The molecular weight excluding hydrogens is 686 g/mol. The third-order valence-corrected chi connectivity index (χ3v) is 10.8. The molecule has 1 unspecified atom stereocenters. The van der Waals surface area contributed by atoms with E-state index in [1.165, 1.54) is 25.7 Å². The van der Waals surface area contributed by atoms with E-state index in [9.17, 15) is 24.0 Å². The van der Waals surface area contributed by atoms with Crippen molar-refractivity contribution in [2.24, 2.45) is 11.7 Å². The Hall–Kier alpha value is -5.79. The molecule has 0 radical (unpaired) electrons. The molecule has 2 aromatic carbocycles. The van der Waals surface area contributed by atoms with Gasteiger partial charge in [0, 0.05) is 67.2 Å². The van der Waals surface area contributed by atoms with Crippen molar-refractivity contribution in [3.63, 3.8) is 0 Å². The Bertz CT molecular complexity index is 2050. The number of nitrogens with one attached hydrogen (secondary N) is 3. The van der Waals surface area contributed by atoms with Crippen molar-refractivity contribution in [1.82, 2.24) is 24.8 Å². The summed E-state index contributed by atoms with van der Waals surface area (Å²) in [6.07, 6.45) is 10.9. The summed E-state index contributed by atoms with van der Waals surface area (Å²) in [6.45, 7) is 4.18. The van der Waals surface area contributed by atoms with Crippen LogP contribution in [0.3, 0.4) is 0 Å². The Balaban J connectivity index is 0.000000208. The number of nitrogens with zero attached hydrogens (tertiary/aromatic N) is 5. The van der Waals surface area contributed by atoms with E-state index in [0.29, 0.717) is 18.3 Å². The van der Waals surface area contributed by atoms with Crippen LogP contribution in [0.5, 0.6) is 0 Å². The van der Waals surface area contributed by atoms with Gasteiger partial charge in [-0.2, -0.15) is 9.61 Å². The molecule has 2 aromatic heterocycles. The number of carbonyl (C=O) groups is 5. The largest absolute Gasteiger partial charge is 0.380 e. The highest BCUT2D eigenvalue weighted by Crippen LogP contribution is 2.33. The number of fused-ring (bicyclic) bond motifs is 2. The molecule has 2 saturated heterocycles. The number of primary amides is 1. The number of amides is 5. The lowest BCUT2D eigenvalue weighted by molar-refractivity contribution is -0.136. The zero-order valence-corrected chi connectivity index (χ0v) is 30.6. The van der Waals surface area contributed by atoms with E-state index < -0.39 is 29.7 Å². The standard InChI is InChI=1S/C26H27N5O5.C14H20N4/c27-23(33)16-10-12-30(13-11-16)17-6-4-15(5-7-17)14-28-19-3-1-2-18-22(19)26(36)31(25(18)35)20-8-9-21(32)29-24(20)34;1-2-5-12-10-14(16-11-6-3-4-7-11)18-13(17-12)8-9-15-18/h1-7,16,20,28H,8-14H2,(H2,27,33)(H,29,32,34);8-11,16H,2-7H2,1H3. The normalized spacial score (nSPS) is 19.1. The molecule has 8 rings (SSSR count). The summed E-state index contributed by atoms with van der Waals surface area (Å²) in [4.78, 5) is 69.2. The highest BCUT2D eigenvalue weighted by molar-refractivity contribution is 6.25. The van der Waals surface area contributed by atoms with Crippen LogP contribution >= 0.6 is 0 Å². The second-order valence-electron chi connectivity index (χ2n) is 14.5. The van der Waals surface area contributed by atoms with Crippen LogP contribution in [0.1, 0.15) is 96.7 Å². The first-order valence-corrected chi connectivity index (χ1v) is 19.0. The average molecular weight is 734 g/mol. The molecule has 1 aliphatic carbocycles. The van der Waals surface area contributed by atoms with E-state index in [-0.39, 0.29) is 35.8 Å². The molecule has 4 aliphatic rings. The number of imide groups is 2. The SMILES string of the molecule is CCCc1cc(NC2CCCC2)n2nccc2n1.NC(=O)C1CCN(c2ccc(CNc3cccc4c3C(=O)N(C3CCC(=O)NC3=O)C4=O)cc2)CC1. The quantitative estimate of drug-likeness (QED) is 0.170. The smallest absolute Gasteiger partial charge is 0.264 e. The number of nitrogens with two attached hydrogens (primary N) is 1. The molecule has 5 amide bonds. The van der Waals surface area contributed by atoms with Gasteiger partial charge in [0.05, 0.1) is 17.3 Å². The zero-order valence-electron chi connectivity index (χ0n) is 30.6. The minimum absolute atomic E-state index is 0.0576. The average Bonchev–Trinajstić information content (AvgIpc) is 3.93. The summed E-state index contributed by atoms with van der Waals surface area (Å²) in [5, 5.41) is 13.4. The fourth-order valence-electron chi connectivity index (χ4n) is 7.84. The minimum Gasteiger partial charge on any atom is -0.380 e. The zero-order chi connectivity index (χ0) is 37.8. The summed E-state index contributed by atoms with van der Waals surface area (Å²) in [7, 11) is 0. The Morgan fingerprint density at radius 2 is 1.70 bits per heavy atom. The molecular formula is C40H47N9O5.